The maximum atomic E-state index is 15.3. The Morgan fingerprint density at radius 3 is 2.24 bits per heavy atom. The fourth-order valence-electron chi connectivity index (χ4n) is 10.6. The van der Waals surface area contributed by atoms with Crippen LogP contribution < -0.4 is 15.0 Å². The SMILES string of the molecule is COc1ccc(C(=O)N2CCC3(CC2)CCN(C(C)(C)Cc2ccc(-c4cc5c(-c6cc(F)cc(CC(=O)c7ccc(C(C)(C)O)cc7F)c6C)ncnc5[nH]4)cc2)CC3)cc1N1CCC(=O)NC1=O. The number of aromatic nitrogens is 3. The highest BCUT2D eigenvalue weighted by molar-refractivity contribution is 6.07. The molecule has 0 aliphatic carbocycles. The second-order valence-corrected chi connectivity index (χ2v) is 20.4. The smallest absolute Gasteiger partial charge is 0.328 e. The summed E-state index contributed by atoms with van der Waals surface area (Å²) in [7, 11) is 1.51. The minimum atomic E-state index is -1.27. The molecule has 4 amide bonds. The molecule has 3 fully saturated rings. The number of methoxy groups -OCH3 is 1. The predicted octanol–water partition coefficient (Wildman–Crippen LogP) is 9.33. The number of carbonyl (C=O) groups excluding carboxylic acids is 4. The van der Waals surface area contributed by atoms with Crippen molar-refractivity contribution in [3.63, 3.8) is 0 Å². The minimum absolute atomic E-state index is 0.0765. The number of imide groups is 1. The molecular weight excluding hydrogens is 893 g/mol. The Morgan fingerprint density at radius 1 is 0.857 bits per heavy atom. The molecular formula is C55H59F2N7O6. The number of urea groups is 1. The Morgan fingerprint density at radius 2 is 1.57 bits per heavy atom. The van der Waals surface area contributed by atoms with Crippen molar-refractivity contribution < 1.29 is 37.8 Å². The maximum Gasteiger partial charge on any atom is 0.328 e. The van der Waals surface area contributed by atoms with E-state index in [1.165, 1.54) is 62.0 Å². The molecule has 15 heteroatoms. The third-order valence-corrected chi connectivity index (χ3v) is 15.0. The number of benzene rings is 4. The summed E-state index contributed by atoms with van der Waals surface area (Å²) in [6, 6.07) is 21.8. The van der Waals surface area contributed by atoms with Gasteiger partial charge in [0.05, 0.1) is 29.7 Å². The van der Waals surface area contributed by atoms with E-state index in [1.54, 1.807) is 25.1 Å². The average molecular weight is 952 g/mol. The van der Waals surface area contributed by atoms with Gasteiger partial charge in [-0.3, -0.25) is 29.5 Å². The number of rotatable bonds is 12. The van der Waals surface area contributed by atoms with Gasteiger partial charge in [-0.2, -0.15) is 0 Å². The van der Waals surface area contributed by atoms with Gasteiger partial charge in [0, 0.05) is 60.2 Å². The van der Waals surface area contributed by atoms with E-state index in [2.05, 4.69) is 63.3 Å². The number of amides is 4. The van der Waals surface area contributed by atoms with Crippen LogP contribution in [0.4, 0.5) is 19.3 Å². The van der Waals surface area contributed by atoms with Gasteiger partial charge >= 0.3 is 6.03 Å². The standard InChI is InChI=1S/C55H59F2N7O6/c1-33-37(27-46(65)40-13-12-38(28-43(40)57)54(4,5)69)25-39(56)29-41(33)49-42-30-44(60-50(42)59-32-58-49)35-9-7-34(8-10-35)31-53(2,3)63-23-18-55(19-24-63)16-21-62(22-17-55)51(67)36-11-14-47(70-6)45(26-36)64-20-15-48(66)61-52(64)68/h7-14,25-26,28-30,32,69H,15-24,27,31H2,1-6H3,(H,58,59,60)(H,61,66,68). The molecule has 0 saturated carbocycles. The summed E-state index contributed by atoms with van der Waals surface area (Å²) in [5, 5.41) is 13.3. The van der Waals surface area contributed by atoms with Crippen LogP contribution in [0.5, 0.6) is 5.75 Å². The van der Waals surface area contributed by atoms with Crippen molar-refractivity contribution in [3.05, 3.63) is 130 Å². The number of hydrogen-bond donors (Lipinski definition) is 3. The van der Waals surface area contributed by atoms with Crippen LogP contribution in [0.25, 0.3) is 33.5 Å². The first kappa shape index (κ1) is 48.2. The van der Waals surface area contributed by atoms with E-state index >= 15 is 8.78 Å². The Bertz CT molecular complexity index is 3020. The van der Waals surface area contributed by atoms with Gasteiger partial charge in [0.2, 0.25) is 5.91 Å². The van der Waals surface area contributed by atoms with Gasteiger partial charge in [-0.25, -0.2) is 23.5 Å². The van der Waals surface area contributed by atoms with E-state index in [1.807, 2.05) is 11.0 Å². The highest BCUT2D eigenvalue weighted by Gasteiger charge is 2.42. The van der Waals surface area contributed by atoms with Crippen LogP contribution in [0.1, 0.15) is 103 Å². The summed E-state index contributed by atoms with van der Waals surface area (Å²) in [4.78, 5) is 70.0. The average Bonchev–Trinajstić information content (AvgIpc) is 3.77. The van der Waals surface area contributed by atoms with Crippen molar-refractivity contribution in [1.29, 1.82) is 0 Å². The molecule has 364 valence electrons. The third-order valence-electron chi connectivity index (χ3n) is 15.0. The predicted molar refractivity (Wildman–Crippen MR) is 264 cm³/mol. The van der Waals surface area contributed by atoms with Gasteiger partial charge in [0.1, 0.15) is 29.4 Å². The van der Waals surface area contributed by atoms with Crippen molar-refractivity contribution in [3.8, 4) is 28.3 Å². The number of carbonyl (C=O) groups is 4. The molecule has 3 aliphatic heterocycles. The molecule has 3 N–H and O–H groups in total. The van der Waals surface area contributed by atoms with Gasteiger partial charge in [-0.1, -0.05) is 30.3 Å². The monoisotopic (exact) mass is 951 g/mol. The van der Waals surface area contributed by atoms with Crippen molar-refractivity contribution in [2.75, 3.05) is 44.7 Å². The number of ketones is 1. The van der Waals surface area contributed by atoms with Crippen molar-refractivity contribution >= 4 is 40.3 Å². The number of ether oxygens (including phenoxy) is 1. The van der Waals surface area contributed by atoms with E-state index in [4.69, 9.17) is 4.74 Å². The highest BCUT2D eigenvalue weighted by atomic mass is 19.1. The molecule has 1 spiro atoms. The number of nitrogens with zero attached hydrogens (tertiary/aromatic N) is 5. The first-order valence-corrected chi connectivity index (χ1v) is 23.9. The van der Waals surface area contributed by atoms with E-state index in [9.17, 15) is 24.3 Å². The summed E-state index contributed by atoms with van der Waals surface area (Å²) in [5.41, 5.74) is 5.62. The molecule has 2 aromatic heterocycles. The highest BCUT2D eigenvalue weighted by Crippen LogP contribution is 2.44. The van der Waals surface area contributed by atoms with E-state index in [0.29, 0.717) is 69.1 Å². The van der Waals surface area contributed by atoms with Crippen LogP contribution in [0.3, 0.4) is 0 Å². The molecule has 4 aromatic carbocycles. The number of H-pyrrole nitrogens is 1. The second-order valence-electron chi connectivity index (χ2n) is 20.4. The number of halogens is 2. The fraction of sp³-hybridized carbons (Fsp3) is 0.382. The van der Waals surface area contributed by atoms with Crippen LogP contribution in [-0.2, 0) is 23.2 Å². The lowest BCUT2D eigenvalue weighted by atomic mass is 9.70. The van der Waals surface area contributed by atoms with Gasteiger partial charge in [-0.05, 0) is 162 Å². The van der Waals surface area contributed by atoms with Gasteiger partial charge in [-0.15, -0.1) is 0 Å². The fourth-order valence-corrected chi connectivity index (χ4v) is 10.6. The Balaban J connectivity index is 0.822. The molecule has 9 rings (SSSR count). The van der Waals surface area contributed by atoms with Crippen LogP contribution in [0.2, 0.25) is 0 Å². The molecule has 5 heterocycles. The summed E-state index contributed by atoms with van der Waals surface area (Å²) in [6.07, 6.45) is 6.22. The zero-order valence-electron chi connectivity index (χ0n) is 40.5. The minimum Gasteiger partial charge on any atom is -0.495 e. The molecule has 0 atom stereocenters. The number of hydrogen-bond acceptors (Lipinski definition) is 9. The van der Waals surface area contributed by atoms with Crippen LogP contribution in [-0.4, -0.2) is 98.9 Å². The van der Waals surface area contributed by atoms with Crippen molar-refractivity contribution in [2.45, 2.75) is 90.7 Å². The zero-order valence-corrected chi connectivity index (χ0v) is 40.5. The summed E-state index contributed by atoms with van der Waals surface area (Å²) in [5.74, 6) is -1.74. The van der Waals surface area contributed by atoms with Crippen LogP contribution >= 0.6 is 0 Å². The Hall–Kier alpha value is -6.84. The summed E-state index contributed by atoms with van der Waals surface area (Å²) >= 11 is 0. The lowest BCUT2D eigenvalue weighted by Crippen LogP contribution is -2.54. The Labute approximate surface area is 406 Å². The van der Waals surface area contributed by atoms with Gasteiger partial charge in [0.25, 0.3) is 5.91 Å². The Kier molecular flexibility index (Phi) is 13.0. The number of likely N-dealkylation sites (tertiary alicyclic amines) is 2. The molecule has 0 bridgehead atoms. The summed E-state index contributed by atoms with van der Waals surface area (Å²) in [6.45, 7) is 13.0. The molecule has 70 heavy (non-hydrogen) atoms. The number of Topliss-reactive ketones (excluding diaryl/α,β-unsaturated/α-hetero) is 1. The van der Waals surface area contributed by atoms with Gasteiger partial charge < -0.3 is 19.7 Å². The topological polar surface area (TPSA) is 161 Å². The molecule has 13 nitrogen and oxygen atoms in total. The van der Waals surface area contributed by atoms with Crippen LogP contribution in [0, 0.1) is 24.0 Å². The van der Waals surface area contributed by atoms with Crippen molar-refractivity contribution in [2.24, 2.45) is 5.41 Å². The molecule has 0 radical (unpaired) electrons. The first-order valence-electron chi connectivity index (χ1n) is 23.9. The number of anilines is 1. The van der Waals surface area contributed by atoms with E-state index in [-0.39, 0.29) is 47.7 Å². The molecule has 3 aliphatic rings. The second kappa shape index (κ2) is 18.8. The normalized spacial score (nSPS) is 16.8. The molecule has 0 unspecified atom stereocenters. The largest absolute Gasteiger partial charge is 0.495 e. The maximum absolute atomic E-state index is 15.3. The lowest BCUT2D eigenvalue weighted by molar-refractivity contribution is -0.120. The summed E-state index contributed by atoms with van der Waals surface area (Å²) < 4.78 is 35.9. The van der Waals surface area contributed by atoms with E-state index < -0.39 is 29.0 Å². The lowest BCUT2D eigenvalue weighted by Gasteiger charge is -2.50. The zero-order chi connectivity index (χ0) is 49.7. The van der Waals surface area contributed by atoms with Gasteiger partial charge in [0.15, 0.2) is 5.78 Å². The molecule has 3 saturated heterocycles. The number of aliphatic hydroxyl groups is 1. The first-order chi connectivity index (χ1) is 33.3. The van der Waals surface area contributed by atoms with E-state index in [0.717, 1.165) is 62.5 Å². The number of fused-ring (bicyclic) bond motifs is 1. The van der Waals surface area contributed by atoms with Crippen LogP contribution in [0.15, 0.2) is 85.2 Å². The molecule has 6 aromatic rings. The number of nitrogens with one attached hydrogen (secondary N) is 2. The number of aromatic amines is 1. The third kappa shape index (κ3) is 9.69. The quantitative estimate of drug-likeness (QED) is 0.102. The van der Waals surface area contributed by atoms with Crippen molar-refractivity contribution in [1.82, 2.24) is 30.1 Å². The number of piperidine rings is 2.